The van der Waals surface area contributed by atoms with E-state index in [1.807, 2.05) is 24.3 Å². The van der Waals surface area contributed by atoms with Crippen LogP contribution in [0.15, 0.2) is 35.2 Å². The van der Waals surface area contributed by atoms with Gasteiger partial charge in [0.05, 0.1) is 17.6 Å². The Morgan fingerprint density at radius 2 is 2.25 bits per heavy atom. The maximum atomic E-state index is 4.63. The first-order valence-electron chi connectivity index (χ1n) is 4.86. The Kier molecular flexibility index (Phi) is 2.03. The molecule has 6 nitrogen and oxygen atoms in total. The van der Waals surface area contributed by atoms with Crippen molar-refractivity contribution >= 4 is 17.0 Å². The van der Waals surface area contributed by atoms with Crippen molar-refractivity contribution in [1.82, 2.24) is 20.1 Å². The summed E-state index contributed by atoms with van der Waals surface area (Å²) in [5.41, 5.74) is 1.93. The molecule has 80 valence electrons. The van der Waals surface area contributed by atoms with Gasteiger partial charge in [0.1, 0.15) is 0 Å². The highest BCUT2D eigenvalue weighted by molar-refractivity contribution is 5.77. The lowest BCUT2D eigenvalue weighted by atomic mass is 10.3. The average molecular weight is 215 g/mol. The summed E-state index contributed by atoms with van der Waals surface area (Å²) in [5, 5.41) is 6.78. The number of fused-ring (bicyclic) bond motifs is 1. The van der Waals surface area contributed by atoms with Gasteiger partial charge in [0.2, 0.25) is 12.3 Å². The second-order valence-corrected chi connectivity index (χ2v) is 3.30. The third-order valence-electron chi connectivity index (χ3n) is 2.21. The highest BCUT2D eigenvalue weighted by atomic mass is 16.5. The van der Waals surface area contributed by atoms with Gasteiger partial charge < -0.3 is 14.8 Å². The molecule has 3 aromatic rings. The standard InChI is InChI=1S/C10H9N5O/c1-2-4-8-7(3-1)13-10(14-8)11-5-9-12-6-16-15-9/h1-4,6H,5H2,(H2,11,13,14). The number of hydrogen-bond donors (Lipinski definition) is 2. The zero-order valence-electron chi connectivity index (χ0n) is 8.34. The Balaban J connectivity index is 1.79. The van der Waals surface area contributed by atoms with Crippen LogP contribution in [0.25, 0.3) is 11.0 Å². The van der Waals surface area contributed by atoms with Crippen LogP contribution in [0.2, 0.25) is 0 Å². The maximum absolute atomic E-state index is 4.63. The van der Waals surface area contributed by atoms with Gasteiger partial charge in [-0.15, -0.1) is 0 Å². The molecule has 0 amide bonds. The molecule has 2 heterocycles. The van der Waals surface area contributed by atoms with E-state index < -0.39 is 0 Å². The van der Waals surface area contributed by atoms with E-state index in [9.17, 15) is 0 Å². The lowest BCUT2D eigenvalue weighted by Crippen LogP contribution is -2.02. The average Bonchev–Trinajstić information content (AvgIpc) is 2.95. The first-order valence-corrected chi connectivity index (χ1v) is 4.86. The molecule has 1 aromatic carbocycles. The number of benzene rings is 1. The van der Waals surface area contributed by atoms with E-state index in [1.165, 1.54) is 6.39 Å². The van der Waals surface area contributed by atoms with Crippen molar-refractivity contribution in [2.24, 2.45) is 0 Å². The van der Waals surface area contributed by atoms with Crippen LogP contribution in [0.4, 0.5) is 5.95 Å². The molecule has 2 N–H and O–H groups in total. The zero-order chi connectivity index (χ0) is 10.8. The van der Waals surface area contributed by atoms with Gasteiger partial charge in [-0.1, -0.05) is 17.3 Å². The zero-order valence-corrected chi connectivity index (χ0v) is 8.34. The molecule has 0 atom stereocenters. The van der Waals surface area contributed by atoms with Gasteiger partial charge >= 0.3 is 0 Å². The predicted octanol–water partition coefficient (Wildman–Crippen LogP) is 1.56. The molecule has 3 rings (SSSR count). The van der Waals surface area contributed by atoms with Crippen LogP contribution in [-0.4, -0.2) is 20.1 Å². The lowest BCUT2D eigenvalue weighted by Gasteiger charge is -1.96. The van der Waals surface area contributed by atoms with Crippen LogP contribution < -0.4 is 5.32 Å². The van der Waals surface area contributed by atoms with E-state index in [0.717, 1.165) is 11.0 Å². The van der Waals surface area contributed by atoms with Crippen LogP contribution in [0.1, 0.15) is 5.82 Å². The number of para-hydroxylation sites is 2. The molecule has 0 saturated carbocycles. The second kappa shape index (κ2) is 3.65. The number of aromatic nitrogens is 4. The molecule has 0 fully saturated rings. The second-order valence-electron chi connectivity index (χ2n) is 3.30. The molecule has 16 heavy (non-hydrogen) atoms. The number of nitrogens with zero attached hydrogens (tertiary/aromatic N) is 3. The monoisotopic (exact) mass is 215 g/mol. The van der Waals surface area contributed by atoms with Crippen molar-refractivity contribution < 1.29 is 4.52 Å². The van der Waals surface area contributed by atoms with E-state index in [2.05, 4.69) is 29.9 Å². The minimum atomic E-state index is 0.482. The minimum absolute atomic E-state index is 0.482. The molecular weight excluding hydrogens is 206 g/mol. The third kappa shape index (κ3) is 1.60. The van der Waals surface area contributed by atoms with E-state index in [-0.39, 0.29) is 0 Å². The Labute approximate surface area is 90.7 Å². The first kappa shape index (κ1) is 8.90. The van der Waals surface area contributed by atoms with Crippen LogP contribution in [0, 0.1) is 0 Å². The molecule has 0 bridgehead atoms. The number of H-pyrrole nitrogens is 1. The quantitative estimate of drug-likeness (QED) is 0.693. The van der Waals surface area contributed by atoms with E-state index in [4.69, 9.17) is 0 Å². The number of rotatable bonds is 3. The van der Waals surface area contributed by atoms with Crippen molar-refractivity contribution in [3.63, 3.8) is 0 Å². The van der Waals surface area contributed by atoms with Crippen molar-refractivity contribution in [1.29, 1.82) is 0 Å². The summed E-state index contributed by atoms with van der Waals surface area (Å²) >= 11 is 0. The molecule has 0 aliphatic carbocycles. The number of nitrogens with one attached hydrogen (secondary N) is 2. The fraction of sp³-hybridized carbons (Fsp3) is 0.100. The summed E-state index contributed by atoms with van der Waals surface area (Å²) in [6.45, 7) is 0.482. The van der Waals surface area contributed by atoms with Crippen molar-refractivity contribution in [2.75, 3.05) is 5.32 Å². The fourth-order valence-electron chi connectivity index (χ4n) is 1.47. The molecule has 0 aliphatic rings. The predicted molar refractivity (Wildman–Crippen MR) is 57.7 cm³/mol. The van der Waals surface area contributed by atoms with E-state index in [1.54, 1.807) is 0 Å². The number of anilines is 1. The Bertz CT molecular complexity index is 553. The maximum Gasteiger partial charge on any atom is 0.213 e. The number of aromatic amines is 1. The van der Waals surface area contributed by atoms with Gasteiger partial charge in [-0.25, -0.2) is 4.98 Å². The Hall–Kier alpha value is -2.37. The topological polar surface area (TPSA) is 79.6 Å². The summed E-state index contributed by atoms with van der Waals surface area (Å²) < 4.78 is 4.63. The summed E-state index contributed by atoms with van der Waals surface area (Å²) in [6, 6.07) is 7.84. The van der Waals surface area contributed by atoms with Gasteiger partial charge in [0, 0.05) is 0 Å². The van der Waals surface area contributed by atoms with Gasteiger partial charge in [-0.2, -0.15) is 4.98 Å². The minimum Gasteiger partial charge on any atom is -0.348 e. The SMILES string of the molecule is c1ccc2[nH]c(NCc3ncon3)nc2c1. The van der Waals surface area contributed by atoms with Gasteiger partial charge in [-0.3, -0.25) is 0 Å². The number of imidazole rings is 1. The van der Waals surface area contributed by atoms with Crippen molar-refractivity contribution in [2.45, 2.75) is 6.54 Å². The first-order chi connectivity index (χ1) is 7.92. The molecule has 0 spiro atoms. The summed E-state index contributed by atoms with van der Waals surface area (Å²) in [4.78, 5) is 11.4. The Morgan fingerprint density at radius 1 is 1.31 bits per heavy atom. The highest BCUT2D eigenvalue weighted by Crippen LogP contribution is 2.13. The van der Waals surface area contributed by atoms with Crippen LogP contribution in [0.5, 0.6) is 0 Å². The summed E-state index contributed by atoms with van der Waals surface area (Å²) in [7, 11) is 0. The highest BCUT2D eigenvalue weighted by Gasteiger charge is 2.02. The Morgan fingerprint density at radius 3 is 3.06 bits per heavy atom. The molecule has 0 unspecified atom stereocenters. The molecule has 0 saturated heterocycles. The molecule has 0 radical (unpaired) electrons. The smallest absolute Gasteiger partial charge is 0.213 e. The lowest BCUT2D eigenvalue weighted by molar-refractivity contribution is 0.411. The normalized spacial score (nSPS) is 10.8. The largest absolute Gasteiger partial charge is 0.348 e. The van der Waals surface area contributed by atoms with Gasteiger partial charge in [0.15, 0.2) is 5.82 Å². The molecule has 6 heteroatoms. The van der Waals surface area contributed by atoms with E-state index in [0.29, 0.717) is 18.3 Å². The van der Waals surface area contributed by atoms with Crippen LogP contribution in [0.3, 0.4) is 0 Å². The number of hydrogen-bond acceptors (Lipinski definition) is 5. The van der Waals surface area contributed by atoms with Gasteiger partial charge in [-0.05, 0) is 12.1 Å². The van der Waals surface area contributed by atoms with Crippen LogP contribution in [-0.2, 0) is 6.54 Å². The fourth-order valence-corrected chi connectivity index (χ4v) is 1.47. The van der Waals surface area contributed by atoms with Crippen molar-refractivity contribution in [3.05, 3.63) is 36.5 Å². The summed E-state index contributed by atoms with van der Waals surface area (Å²) in [6.07, 6.45) is 1.30. The van der Waals surface area contributed by atoms with E-state index >= 15 is 0 Å². The molecular formula is C10H9N5O. The molecule has 0 aliphatic heterocycles. The summed E-state index contributed by atoms with van der Waals surface area (Å²) in [5.74, 6) is 1.30. The third-order valence-corrected chi connectivity index (χ3v) is 2.21. The van der Waals surface area contributed by atoms with Crippen molar-refractivity contribution in [3.8, 4) is 0 Å². The molecule has 2 aromatic heterocycles. The van der Waals surface area contributed by atoms with Gasteiger partial charge in [0.25, 0.3) is 0 Å². The van der Waals surface area contributed by atoms with Crippen LogP contribution >= 0.6 is 0 Å².